The minimum absolute atomic E-state index is 0.201. The van der Waals surface area contributed by atoms with E-state index in [0.717, 1.165) is 17.5 Å². The van der Waals surface area contributed by atoms with Gasteiger partial charge in [-0.15, -0.1) is 0 Å². The summed E-state index contributed by atoms with van der Waals surface area (Å²) in [6.45, 7) is 3.35. The van der Waals surface area contributed by atoms with Crippen LogP contribution in [0, 0.1) is 6.92 Å². The van der Waals surface area contributed by atoms with Gasteiger partial charge in [-0.1, -0.05) is 23.8 Å². The van der Waals surface area contributed by atoms with Crippen molar-refractivity contribution in [2.45, 2.75) is 24.8 Å². The summed E-state index contributed by atoms with van der Waals surface area (Å²) >= 11 is 0. The van der Waals surface area contributed by atoms with E-state index < -0.39 is 10.0 Å². The Labute approximate surface area is 136 Å². The zero-order chi connectivity index (χ0) is 16.3. The molecule has 23 heavy (non-hydrogen) atoms. The second-order valence-electron chi connectivity index (χ2n) is 5.47. The summed E-state index contributed by atoms with van der Waals surface area (Å²) in [6.07, 6.45) is 0.837. The maximum atomic E-state index is 12.3. The molecule has 0 radical (unpaired) electrons. The number of sulfonamides is 1. The smallest absolute Gasteiger partial charge is 0.240 e. The molecule has 2 aromatic rings. The highest BCUT2D eigenvalue weighted by atomic mass is 32.2. The average Bonchev–Trinajstić information content (AvgIpc) is 2.78. The van der Waals surface area contributed by atoms with Gasteiger partial charge < -0.3 is 9.47 Å². The lowest BCUT2D eigenvalue weighted by atomic mass is 10.2. The van der Waals surface area contributed by atoms with Gasteiger partial charge >= 0.3 is 0 Å². The van der Waals surface area contributed by atoms with Gasteiger partial charge in [-0.25, -0.2) is 13.1 Å². The molecule has 0 atom stereocenters. The largest absolute Gasteiger partial charge is 0.490 e. The Morgan fingerprint density at radius 3 is 2.43 bits per heavy atom. The van der Waals surface area contributed by atoms with E-state index in [1.165, 1.54) is 0 Å². The van der Waals surface area contributed by atoms with Crippen molar-refractivity contribution in [2.24, 2.45) is 0 Å². The molecule has 122 valence electrons. The summed E-state index contributed by atoms with van der Waals surface area (Å²) in [5, 5.41) is 0. The van der Waals surface area contributed by atoms with Crippen molar-refractivity contribution in [1.82, 2.24) is 4.72 Å². The zero-order valence-corrected chi connectivity index (χ0v) is 13.7. The molecule has 1 N–H and O–H groups in total. The van der Waals surface area contributed by atoms with Gasteiger partial charge in [-0.3, -0.25) is 0 Å². The first-order valence-corrected chi connectivity index (χ1v) is 8.98. The van der Waals surface area contributed by atoms with Gasteiger partial charge in [0.05, 0.1) is 18.1 Å². The average molecular weight is 333 g/mol. The van der Waals surface area contributed by atoms with Gasteiger partial charge in [-0.05, 0) is 36.8 Å². The summed E-state index contributed by atoms with van der Waals surface area (Å²) in [6, 6.07) is 12.2. The van der Waals surface area contributed by atoms with E-state index >= 15 is 0 Å². The second kappa shape index (κ2) is 6.60. The van der Waals surface area contributed by atoms with Crippen LogP contribution in [-0.2, 0) is 16.6 Å². The summed E-state index contributed by atoms with van der Waals surface area (Å²) < 4.78 is 38.4. The predicted octanol–water partition coefficient (Wildman–Crippen LogP) is 2.63. The van der Waals surface area contributed by atoms with E-state index in [4.69, 9.17) is 9.47 Å². The van der Waals surface area contributed by atoms with Gasteiger partial charge in [0, 0.05) is 13.0 Å². The Hall–Kier alpha value is -2.05. The topological polar surface area (TPSA) is 64.6 Å². The van der Waals surface area contributed by atoms with Crippen LogP contribution in [0.2, 0.25) is 0 Å². The van der Waals surface area contributed by atoms with Crippen molar-refractivity contribution < 1.29 is 17.9 Å². The van der Waals surface area contributed by atoms with E-state index in [1.807, 2.05) is 25.1 Å². The number of aryl methyl sites for hydroxylation is 1. The number of hydrogen-bond donors (Lipinski definition) is 1. The van der Waals surface area contributed by atoms with E-state index in [1.54, 1.807) is 24.3 Å². The molecule has 0 bridgehead atoms. The van der Waals surface area contributed by atoms with Gasteiger partial charge in [0.2, 0.25) is 10.0 Å². The lowest BCUT2D eigenvalue weighted by molar-refractivity contribution is 0.297. The fourth-order valence-corrected chi connectivity index (χ4v) is 3.31. The van der Waals surface area contributed by atoms with Crippen LogP contribution in [0.25, 0.3) is 0 Å². The molecule has 1 heterocycles. The molecule has 1 aliphatic rings. The summed E-state index contributed by atoms with van der Waals surface area (Å²) in [5.74, 6) is 1.36. The minimum Gasteiger partial charge on any atom is -0.490 e. The fourth-order valence-electron chi connectivity index (χ4n) is 2.30. The number of fused-ring (bicyclic) bond motifs is 1. The fraction of sp³-hybridized carbons (Fsp3) is 0.294. The standard InChI is InChI=1S/C17H19NO4S/c1-13-3-6-15(7-4-13)23(19,20)18-12-14-5-8-16-17(11-14)22-10-2-9-21-16/h3-8,11,18H,2,9-10,12H2,1H3. The van der Waals surface area contributed by atoms with E-state index in [-0.39, 0.29) is 11.4 Å². The molecule has 2 aromatic carbocycles. The summed E-state index contributed by atoms with van der Waals surface area (Å²) in [4.78, 5) is 0.262. The molecule has 0 unspecified atom stereocenters. The first kappa shape index (κ1) is 15.8. The molecule has 0 aliphatic carbocycles. The third kappa shape index (κ3) is 3.83. The zero-order valence-electron chi connectivity index (χ0n) is 12.9. The summed E-state index contributed by atoms with van der Waals surface area (Å²) in [5.41, 5.74) is 1.84. The van der Waals surface area contributed by atoms with Gasteiger partial charge in [0.1, 0.15) is 0 Å². The van der Waals surface area contributed by atoms with Crippen molar-refractivity contribution in [3.8, 4) is 11.5 Å². The van der Waals surface area contributed by atoms with Crippen molar-refractivity contribution in [3.05, 3.63) is 53.6 Å². The normalized spacial score (nSPS) is 14.3. The molecular weight excluding hydrogens is 314 g/mol. The number of hydrogen-bond acceptors (Lipinski definition) is 4. The molecule has 0 spiro atoms. The van der Waals surface area contributed by atoms with Crippen molar-refractivity contribution >= 4 is 10.0 Å². The van der Waals surface area contributed by atoms with Gasteiger partial charge in [0.25, 0.3) is 0 Å². The summed E-state index contributed by atoms with van der Waals surface area (Å²) in [7, 11) is -3.53. The lowest BCUT2D eigenvalue weighted by Crippen LogP contribution is -2.23. The molecular formula is C17H19NO4S. The van der Waals surface area contributed by atoms with E-state index in [9.17, 15) is 8.42 Å². The van der Waals surface area contributed by atoms with Crippen LogP contribution in [0.1, 0.15) is 17.5 Å². The number of rotatable bonds is 4. The quantitative estimate of drug-likeness (QED) is 0.934. The van der Waals surface area contributed by atoms with Crippen molar-refractivity contribution in [3.63, 3.8) is 0 Å². The van der Waals surface area contributed by atoms with Crippen LogP contribution in [0.5, 0.6) is 11.5 Å². The van der Waals surface area contributed by atoms with Crippen molar-refractivity contribution in [1.29, 1.82) is 0 Å². The molecule has 0 saturated heterocycles. The molecule has 0 saturated carbocycles. The first-order valence-electron chi connectivity index (χ1n) is 7.49. The van der Waals surface area contributed by atoms with Crippen LogP contribution in [-0.4, -0.2) is 21.6 Å². The Morgan fingerprint density at radius 1 is 1.00 bits per heavy atom. The first-order chi connectivity index (χ1) is 11.0. The van der Waals surface area contributed by atoms with E-state index in [2.05, 4.69) is 4.72 Å². The Kier molecular flexibility index (Phi) is 4.54. The molecule has 1 aliphatic heterocycles. The second-order valence-corrected chi connectivity index (χ2v) is 7.24. The minimum atomic E-state index is -3.53. The Balaban J connectivity index is 1.72. The Bertz CT molecular complexity index is 785. The highest BCUT2D eigenvalue weighted by molar-refractivity contribution is 7.89. The highest BCUT2D eigenvalue weighted by Crippen LogP contribution is 2.30. The molecule has 0 aromatic heterocycles. The molecule has 3 rings (SSSR count). The molecule has 0 fully saturated rings. The molecule has 6 heteroatoms. The maximum Gasteiger partial charge on any atom is 0.240 e. The van der Waals surface area contributed by atoms with E-state index in [0.29, 0.717) is 24.7 Å². The third-order valence-electron chi connectivity index (χ3n) is 3.61. The van der Waals surface area contributed by atoms with Crippen LogP contribution >= 0.6 is 0 Å². The monoisotopic (exact) mass is 333 g/mol. The van der Waals surface area contributed by atoms with Crippen molar-refractivity contribution in [2.75, 3.05) is 13.2 Å². The highest BCUT2D eigenvalue weighted by Gasteiger charge is 2.15. The lowest BCUT2D eigenvalue weighted by Gasteiger charge is -2.11. The van der Waals surface area contributed by atoms with Crippen LogP contribution in [0.15, 0.2) is 47.4 Å². The van der Waals surface area contributed by atoms with Crippen LogP contribution in [0.3, 0.4) is 0 Å². The SMILES string of the molecule is Cc1ccc(S(=O)(=O)NCc2ccc3c(c2)OCCCO3)cc1. The van der Waals surface area contributed by atoms with Crippen LogP contribution < -0.4 is 14.2 Å². The van der Waals surface area contributed by atoms with Gasteiger partial charge in [0.15, 0.2) is 11.5 Å². The number of ether oxygens (including phenoxy) is 2. The Morgan fingerprint density at radius 2 is 1.70 bits per heavy atom. The predicted molar refractivity (Wildman–Crippen MR) is 87.3 cm³/mol. The third-order valence-corrected chi connectivity index (χ3v) is 5.03. The van der Waals surface area contributed by atoms with Crippen LogP contribution in [0.4, 0.5) is 0 Å². The van der Waals surface area contributed by atoms with Gasteiger partial charge in [-0.2, -0.15) is 0 Å². The molecule has 0 amide bonds. The molecule has 5 nitrogen and oxygen atoms in total. The number of benzene rings is 2. The maximum absolute atomic E-state index is 12.3. The number of nitrogens with one attached hydrogen (secondary N) is 1.